The van der Waals surface area contributed by atoms with Crippen molar-refractivity contribution in [3.63, 3.8) is 0 Å². The maximum absolute atomic E-state index is 6.41. The molecule has 9 rings (SSSR count). The van der Waals surface area contributed by atoms with Gasteiger partial charge in [-0.2, -0.15) is 4.98 Å². The van der Waals surface area contributed by atoms with Crippen LogP contribution in [0.1, 0.15) is 18.2 Å². The molecule has 0 atom stereocenters. The van der Waals surface area contributed by atoms with Gasteiger partial charge in [-0.1, -0.05) is 135 Å². The smallest absolute Gasteiger partial charge is 0.231 e. The van der Waals surface area contributed by atoms with E-state index in [1.807, 2.05) is 91.9 Å². The fourth-order valence-corrected chi connectivity index (χ4v) is 7.69. The third-order valence-corrected chi connectivity index (χ3v) is 10.2. The summed E-state index contributed by atoms with van der Waals surface area (Å²) in [5.74, 6) is 0.639. The van der Waals surface area contributed by atoms with Crippen molar-refractivity contribution in [2.45, 2.75) is 6.92 Å². The molecule has 3 aromatic heterocycles. The highest BCUT2D eigenvalue weighted by atomic mass is 16.3. The summed E-state index contributed by atoms with van der Waals surface area (Å²) in [4.78, 5) is 10.0. The predicted molar refractivity (Wildman–Crippen MR) is 234 cm³/mol. The van der Waals surface area contributed by atoms with Crippen LogP contribution in [0.15, 0.2) is 182 Å². The molecule has 0 aliphatic heterocycles. The van der Waals surface area contributed by atoms with Gasteiger partial charge >= 0.3 is 0 Å². The molecule has 55 heavy (non-hydrogen) atoms. The van der Waals surface area contributed by atoms with E-state index in [1.165, 1.54) is 5.39 Å². The molecule has 0 aliphatic carbocycles. The van der Waals surface area contributed by atoms with Crippen molar-refractivity contribution in [2.24, 2.45) is 0 Å². The Balaban J connectivity index is 1.12. The molecule has 0 N–H and O–H groups in total. The van der Waals surface area contributed by atoms with Gasteiger partial charge in [-0.15, -0.1) is 0 Å². The Morgan fingerprint density at radius 2 is 1.24 bits per heavy atom. The second-order valence-corrected chi connectivity index (χ2v) is 13.5. The van der Waals surface area contributed by atoms with E-state index in [-0.39, 0.29) is 0 Å². The number of furan rings is 1. The van der Waals surface area contributed by atoms with Gasteiger partial charge in [-0.3, -0.25) is 0 Å². The maximum atomic E-state index is 6.41. The number of rotatable bonds is 9. The number of aromatic nitrogens is 3. The molecule has 0 saturated heterocycles. The molecule has 3 heterocycles. The molecule has 6 aromatic carbocycles. The minimum absolute atomic E-state index is 0.577. The molecule has 0 amide bonds. The van der Waals surface area contributed by atoms with Crippen LogP contribution < -0.4 is 0 Å². The van der Waals surface area contributed by atoms with Crippen LogP contribution in [0.3, 0.4) is 0 Å². The van der Waals surface area contributed by atoms with Gasteiger partial charge < -0.3 is 8.98 Å². The molecule has 0 radical (unpaired) electrons. The second kappa shape index (κ2) is 13.9. The third kappa shape index (κ3) is 5.81. The zero-order valence-electron chi connectivity index (χ0n) is 30.5. The first-order chi connectivity index (χ1) is 27.1. The van der Waals surface area contributed by atoms with Crippen LogP contribution in [-0.4, -0.2) is 14.5 Å². The van der Waals surface area contributed by atoms with Crippen LogP contribution in [0.5, 0.6) is 0 Å². The molecule has 0 aliphatic rings. The summed E-state index contributed by atoms with van der Waals surface area (Å²) in [7, 11) is 0. The first-order valence-electron chi connectivity index (χ1n) is 18.4. The Morgan fingerprint density at radius 1 is 0.618 bits per heavy atom. The lowest BCUT2D eigenvalue weighted by molar-refractivity contribution is 0.653. The average Bonchev–Trinajstić information content (AvgIpc) is 3.77. The minimum Gasteiger partial charge on any atom is -0.438 e. The number of fused-ring (bicyclic) bond motifs is 5. The molecule has 0 fully saturated rings. The van der Waals surface area contributed by atoms with Crippen molar-refractivity contribution >= 4 is 61.6 Å². The van der Waals surface area contributed by atoms with E-state index in [9.17, 15) is 0 Å². The number of benzene rings is 6. The van der Waals surface area contributed by atoms with Gasteiger partial charge in [0, 0.05) is 33.2 Å². The normalized spacial score (nSPS) is 12.0. The van der Waals surface area contributed by atoms with E-state index in [2.05, 4.69) is 109 Å². The third-order valence-electron chi connectivity index (χ3n) is 10.2. The van der Waals surface area contributed by atoms with Gasteiger partial charge in [0.05, 0.1) is 22.3 Å². The van der Waals surface area contributed by atoms with Crippen LogP contribution in [0.4, 0.5) is 0 Å². The summed E-state index contributed by atoms with van der Waals surface area (Å²) in [6.45, 7) is 14.3. The fourth-order valence-electron chi connectivity index (χ4n) is 7.69. The fraction of sp³-hybridized carbons (Fsp3) is 0.0196. The quantitative estimate of drug-likeness (QED) is 0.140. The van der Waals surface area contributed by atoms with Crippen LogP contribution in [0, 0.1) is 0 Å². The van der Waals surface area contributed by atoms with Crippen molar-refractivity contribution in [1.82, 2.24) is 14.5 Å². The molecular formula is C51H37N3O. The minimum atomic E-state index is 0.577. The first kappa shape index (κ1) is 33.5. The Hall–Kier alpha value is -7.30. The number of allylic oxidation sites excluding steroid dienone is 5. The second-order valence-electron chi connectivity index (χ2n) is 13.5. The van der Waals surface area contributed by atoms with E-state index in [4.69, 9.17) is 14.4 Å². The van der Waals surface area contributed by atoms with Crippen LogP contribution in [0.25, 0.3) is 106 Å². The number of hydrogen-bond donors (Lipinski definition) is 0. The largest absolute Gasteiger partial charge is 0.438 e. The van der Waals surface area contributed by atoms with Crippen molar-refractivity contribution < 1.29 is 4.42 Å². The number of nitrogens with zero attached hydrogens (tertiary/aromatic N) is 3. The van der Waals surface area contributed by atoms with Gasteiger partial charge in [0.25, 0.3) is 0 Å². The molecule has 4 heteroatoms. The highest BCUT2D eigenvalue weighted by Crippen LogP contribution is 2.39. The summed E-state index contributed by atoms with van der Waals surface area (Å²) in [6.07, 6.45) is 11.8. The van der Waals surface area contributed by atoms with Crippen molar-refractivity contribution in [1.29, 1.82) is 0 Å². The predicted octanol–water partition coefficient (Wildman–Crippen LogP) is 14.0. The van der Waals surface area contributed by atoms with Gasteiger partial charge in [-0.05, 0) is 94.6 Å². The molecule has 0 unspecified atom stereocenters. The lowest BCUT2D eigenvalue weighted by Gasteiger charge is -2.11. The zero-order chi connectivity index (χ0) is 37.5. The van der Waals surface area contributed by atoms with Crippen LogP contribution >= 0.6 is 0 Å². The lowest BCUT2D eigenvalue weighted by atomic mass is 9.96. The van der Waals surface area contributed by atoms with Crippen molar-refractivity contribution in [2.75, 3.05) is 0 Å². The molecular weight excluding hydrogens is 671 g/mol. The topological polar surface area (TPSA) is 43.9 Å². The molecule has 0 spiro atoms. The Labute approximate surface area is 320 Å². The van der Waals surface area contributed by atoms with E-state index in [0.29, 0.717) is 11.5 Å². The van der Waals surface area contributed by atoms with Crippen LogP contribution in [-0.2, 0) is 0 Å². The van der Waals surface area contributed by atoms with E-state index < -0.39 is 0 Å². The molecule has 0 saturated carbocycles. The summed E-state index contributed by atoms with van der Waals surface area (Å²) >= 11 is 0. The maximum Gasteiger partial charge on any atom is 0.231 e. The molecule has 0 bridgehead atoms. The van der Waals surface area contributed by atoms with E-state index in [0.717, 1.165) is 88.7 Å². The Bertz CT molecular complexity index is 3030. The van der Waals surface area contributed by atoms with Gasteiger partial charge in [0.15, 0.2) is 5.82 Å². The summed E-state index contributed by atoms with van der Waals surface area (Å²) in [5.41, 5.74) is 12.8. The Kier molecular flexibility index (Phi) is 8.49. The van der Waals surface area contributed by atoms with Gasteiger partial charge in [0.1, 0.15) is 5.58 Å². The van der Waals surface area contributed by atoms with Crippen molar-refractivity contribution in [3.8, 4) is 44.9 Å². The number of hydrogen-bond acceptors (Lipinski definition) is 3. The highest BCUT2D eigenvalue weighted by molar-refractivity contribution is 6.12. The van der Waals surface area contributed by atoms with Crippen LogP contribution in [0.2, 0.25) is 0 Å². The monoisotopic (exact) mass is 707 g/mol. The van der Waals surface area contributed by atoms with E-state index >= 15 is 0 Å². The standard InChI is InChI=1S/C51H37N3O/c1-5-15-41(16-6-2)54-45(8-4)42(7-3)43-31-39(25-27-46(43)54)37-23-21-36-30-38(24-22-35(36)29-37)40-26-28-47-44(32-40)48-49(33-17-11-9-12-18-33)52-50(53-51(48)55-47)34-19-13-10-14-20-34/h5-32H,1,3-4H2,2H3/b16-6-,41-15+. The Morgan fingerprint density at radius 3 is 1.87 bits per heavy atom. The lowest BCUT2D eigenvalue weighted by Crippen LogP contribution is -1.97. The molecule has 9 aromatic rings. The summed E-state index contributed by atoms with van der Waals surface area (Å²) < 4.78 is 8.63. The first-order valence-corrected chi connectivity index (χ1v) is 18.4. The zero-order valence-corrected chi connectivity index (χ0v) is 30.5. The highest BCUT2D eigenvalue weighted by Gasteiger charge is 2.20. The van der Waals surface area contributed by atoms with Gasteiger partial charge in [0.2, 0.25) is 5.71 Å². The SMILES string of the molecule is C=C/C=C(\C=C/C)n1c(C=C)c(C=C)c2cc(-c3ccc4cc(-c5ccc6oc7nc(-c8ccccc8)nc(-c8ccccc8)c7c6c5)ccc4c3)ccc21. The van der Waals surface area contributed by atoms with Crippen molar-refractivity contribution in [3.05, 3.63) is 189 Å². The summed E-state index contributed by atoms with van der Waals surface area (Å²) in [5, 5.41) is 5.35. The molecule has 4 nitrogen and oxygen atoms in total. The van der Waals surface area contributed by atoms with Gasteiger partial charge in [-0.25, -0.2) is 4.98 Å². The van der Waals surface area contributed by atoms with E-state index in [1.54, 1.807) is 0 Å². The average molecular weight is 708 g/mol. The molecule has 262 valence electrons. The summed E-state index contributed by atoms with van der Waals surface area (Å²) in [6, 6.07) is 46.7.